The highest BCUT2D eigenvalue weighted by molar-refractivity contribution is 6.07. The Morgan fingerprint density at radius 3 is 2.70 bits per heavy atom. The van der Waals surface area contributed by atoms with Crippen LogP contribution in [0.1, 0.15) is 20.8 Å². The van der Waals surface area contributed by atoms with Crippen LogP contribution in [0.15, 0.2) is 24.4 Å². The van der Waals surface area contributed by atoms with Crippen LogP contribution in [0.3, 0.4) is 0 Å². The second kappa shape index (κ2) is 6.13. The van der Waals surface area contributed by atoms with Crippen molar-refractivity contribution in [2.24, 2.45) is 7.05 Å². The van der Waals surface area contributed by atoms with Gasteiger partial charge in [-0.25, -0.2) is 4.79 Å². The Kier molecular flexibility index (Phi) is 4.25. The standard InChI is InChI=1S/C13H12N4O6/c1-16-11(13(19)20)8(6-14-16)15-12(18)7-3-4-10(23-2)9(5-7)17(21)22/h3-6H,1-2H3,(H,15,18)(H,19,20). The van der Waals surface area contributed by atoms with Gasteiger partial charge in [0.2, 0.25) is 0 Å². The average Bonchev–Trinajstić information content (AvgIpc) is 2.87. The van der Waals surface area contributed by atoms with Crippen molar-refractivity contribution in [1.29, 1.82) is 0 Å². The van der Waals surface area contributed by atoms with Crippen molar-refractivity contribution in [2.75, 3.05) is 12.4 Å². The van der Waals surface area contributed by atoms with Crippen LogP contribution >= 0.6 is 0 Å². The summed E-state index contributed by atoms with van der Waals surface area (Å²) in [7, 11) is 2.69. The number of methoxy groups -OCH3 is 1. The van der Waals surface area contributed by atoms with Crippen LogP contribution in [0.25, 0.3) is 0 Å². The monoisotopic (exact) mass is 320 g/mol. The van der Waals surface area contributed by atoms with Gasteiger partial charge in [-0.3, -0.25) is 19.6 Å². The number of aromatic carboxylic acids is 1. The number of ether oxygens (including phenoxy) is 1. The predicted molar refractivity (Wildman–Crippen MR) is 77.8 cm³/mol. The van der Waals surface area contributed by atoms with E-state index in [-0.39, 0.29) is 28.4 Å². The van der Waals surface area contributed by atoms with E-state index in [4.69, 9.17) is 9.84 Å². The predicted octanol–water partition coefficient (Wildman–Crippen LogP) is 1.29. The fourth-order valence-electron chi connectivity index (χ4n) is 1.95. The maximum absolute atomic E-state index is 12.2. The van der Waals surface area contributed by atoms with Crippen LogP contribution in [0.4, 0.5) is 11.4 Å². The molecule has 10 heteroatoms. The lowest BCUT2D eigenvalue weighted by Crippen LogP contribution is -2.15. The first-order valence-electron chi connectivity index (χ1n) is 6.24. The molecule has 0 spiro atoms. The molecule has 23 heavy (non-hydrogen) atoms. The number of nitro groups is 1. The highest BCUT2D eigenvalue weighted by atomic mass is 16.6. The Bertz CT molecular complexity index is 798. The maximum Gasteiger partial charge on any atom is 0.356 e. The minimum Gasteiger partial charge on any atom is -0.490 e. The number of amides is 1. The molecule has 1 heterocycles. The Balaban J connectivity index is 2.33. The first-order chi connectivity index (χ1) is 10.8. The summed E-state index contributed by atoms with van der Waals surface area (Å²) in [5.74, 6) is -1.95. The van der Waals surface area contributed by atoms with Crippen molar-refractivity contribution in [1.82, 2.24) is 9.78 Å². The van der Waals surface area contributed by atoms with Gasteiger partial charge in [-0.2, -0.15) is 5.10 Å². The maximum atomic E-state index is 12.2. The van der Waals surface area contributed by atoms with E-state index < -0.39 is 16.8 Å². The summed E-state index contributed by atoms with van der Waals surface area (Å²) in [4.78, 5) is 33.6. The van der Waals surface area contributed by atoms with Gasteiger partial charge in [0, 0.05) is 18.7 Å². The number of nitrogens with zero attached hydrogens (tertiary/aromatic N) is 3. The quantitative estimate of drug-likeness (QED) is 0.625. The number of benzene rings is 1. The van der Waals surface area contributed by atoms with E-state index in [0.29, 0.717) is 0 Å². The number of anilines is 1. The number of carboxylic acids is 1. The van der Waals surface area contributed by atoms with E-state index in [1.54, 1.807) is 0 Å². The topological polar surface area (TPSA) is 137 Å². The largest absolute Gasteiger partial charge is 0.490 e. The van der Waals surface area contributed by atoms with Gasteiger partial charge in [0.05, 0.1) is 23.9 Å². The van der Waals surface area contributed by atoms with Crippen LogP contribution in [-0.4, -0.2) is 38.8 Å². The molecule has 2 rings (SSSR count). The summed E-state index contributed by atoms with van der Waals surface area (Å²) in [6, 6.07) is 3.66. The number of hydrogen-bond acceptors (Lipinski definition) is 6. The normalized spacial score (nSPS) is 10.2. The molecule has 0 aliphatic heterocycles. The molecule has 1 aromatic heterocycles. The van der Waals surface area contributed by atoms with Crippen molar-refractivity contribution < 1.29 is 24.4 Å². The van der Waals surface area contributed by atoms with E-state index >= 15 is 0 Å². The molecule has 0 unspecified atom stereocenters. The molecule has 10 nitrogen and oxygen atoms in total. The summed E-state index contributed by atoms with van der Waals surface area (Å²) >= 11 is 0. The lowest BCUT2D eigenvalue weighted by Gasteiger charge is -2.06. The zero-order valence-electron chi connectivity index (χ0n) is 12.1. The molecule has 0 radical (unpaired) electrons. The van der Waals surface area contributed by atoms with E-state index in [1.807, 2.05) is 0 Å². The fraction of sp³-hybridized carbons (Fsp3) is 0.154. The van der Waals surface area contributed by atoms with Crippen molar-refractivity contribution >= 4 is 23.3 Å². The van der Waals surface area contributed by atoms with Crippen LogP contribution in [0.5, 0.6) is 5.75 Å². The second-order valence-corrected chi connectivity index (χ2v) is 4.43. The van der Waals surface area contributed by atoms with E-state index in [0.717, 1.165) is 10.7 Å². The number of aromatic nitrogens is 2. The summed E-state index contributed by atoms with van der Waals surface area (Å²) in [5, 5.41) is 26.2. The van der Waals surface area contributed by atoms with Crippen molar-refractivity contribution in [3.8, 4) is 5.75 Å². The van der Waals surface area contributed by atoms with Crippen molar-refractivity contribution in [3.63, 3.8) is 0 Å². The number of aryl methyl sites for hydroxylation is 1. The number of rotatable bonds is 5. The molecule has 2 N–H and O–H groups in total. The first-order valence-corrected chi connectivity index (χ1v) is 6.24. The SMILES string of the molecule is COc1ccc(C(=O)Nc2cnn(C)c2C(=O)O)cc1[N+](=O)[O-]. The van der Waals surface area contributed by atoms with Crippen LogP contribution in [-0.2, 0) is 7.05 Å². The van der Waals surface area contributed by atoms with Gasteiger partial charge >= 0.3 is 11.7 Å². The van der Waals surface area contributed by atoms with Crippen LogP contribution < -0.4 is 10.1 Å². The van der Waals surface area contributed by atoms with Gasteiger partial charge in [0.1, 0.15) is 0 Å². The summed E-state index contributed by atoms with van der Waals surface area (Å²) in [5.41, 5.74) is -0.604. The first kappa shape index (κ1) is 15.9. The number of nitrogens with one attached hydrogen (secondary N) is 1. The molecule has 0 aliphatic rings. The van der Waals surface area contributed by atoms with Gasteiger partial charge in [-0.15, -0.1) is 0 Å². The van der Waals surface area contributed by atoms with Crippen molar-refractivity contribution in [2.45, 2.75) is 0 Å². The molecule has 1 aromatic carbocycles. The zero-order valence-corrected chi connectivity index (χ0v) is 12.1. The molecule has 0 atom stereocenters. The number of nitro benzene ring substituents is 1. The number of carbonyl (C=O) groups excluding carboxylic acids is 1. The third-order valence-electron chi connectivity index (χ3n) is 3.03. The zero-order chi connectivity index (χ0) is 17.1. The Morgan fingerprint density at radius 1 is 1.43 bits per heavy atom. The van der Waals surface area contributed by atoms with Gasteiger partial charge in [-0.05, 0) is 12.1 Å². The molecular weight excluding hydrogens is 308 g/mol. The Labute approximate surface area is 129 Å². The lowest BCUT2D eigenvalue weighted by molar-refractivity contribution is -0.385. The number of carboxylic acid groups (broad SMARTS) is 1. The number of hydrogen-bond donors (Lipinski definition) is 2. The molecule has 2 aromatic rings. The third kappa shape index (κ3) is 3.10. The van der Waals surface area contributed by atoms with E-state index in [9.17, 15) is 19.7 Å². The van der Waals surface area contributed by atoms with Gasteiger partial charge in [0.15, 0.2) is 11.4 Å². The second-order valence-electron chi connectivity index (χ2n) is 4.43. The Hall–Kier alpha value is -3.43. The molecule has 0 aliphatic carbocycles. The van der Waals surface area contributed by atoms with Gasteiger partial charge in [-0.1, -0.05) is 0 Å². The number of carbonyl (C=O) groups is 2. The van der Waals surface area contributed by atoms with E-state index in [2.05, 4.69) is 10.4 Å². The fourth-order valence-corrected chi connectivity index (χ4v) is 1.95. The molecule has 0 fully saturated rings. The highest BCUT2D eigenvalue weighted by Crippen LogP contribution is 2.28. The molecule has 120 valence electrons. The minimum absolute atomic E-state index is 0.0107. The van der Waals surface area contributed by atoms with Crippen LogP contribution in [0, 0.1) is 10.1 Å². The van der Waals surface area contributed by atoms with Crippen LogP contribution in [0.2, 0.25) is 0 Å². The third-order valence-corrected chi connectivity index (χ3v) is 3.03. The molecule has 0 saturated carbocycles. The minimum atomic E-state index is -1.26. The molecule has 1 amide bonds. The average molecular weight is 320 g/mol. The molecule has 0 bridgehead atoms. The highest BCUT2D eigenvalue weighted by Gasteiger charge is 2.21. The molecule has 0 saturated heterocycles. The summed E-state index contributed by atoms with van der Waals surface area (Å²) in [6.07, 6.45) is 1.18. The Morgan fingerprint density at radius 2 is 2.13 bits per heavy atom. The van der Waals surface area contributed by atoms with Gasteiger partial charge < -0.3 is 15.2 Å². The smallest absolute Gasteiger partial charge is 0.356 e. The summed E-state index contributed by atoms with van der Waals surface area (Å²) < 4.78 is 5.94. The lowest BCUT2D eigenvalue weighted by atomic mass is 10.1. The molecular formula is C13H12N4O6. The van der Waals surface area contributed by atoms with Gasteiger partial charge in [0.25, 0.3) is 5.91 Å². The van der Waals surface area contributed by atoms with E-state index in [1.165, 1.54) is 32.5 Å². The van der Waals surface area contributed by atoms with Crippen molar-refractivity contribution in [3.05, 3.63) is 45.8 Å². The summed E-state index contributed by atoms with van der Waals surface area (Å²) in [6.45, 7) is 0.